The third-order valence-corrected chi connectivity index (χ3v) is 3.63. The Morgan fingerprint density at radius 2 is 1.65 bits per heavy atom. The van der Waals surface area contributed by atoms with E-state index in [9.17, 15) is 0 Å². The zero-order valence-corrected chi connectivity index (χ0v) is 11.0. The van der Waals surface area contributed by atoms with E-state index >= 15 is 0 Å². The van der Waals surface area contributed by atoms with E-state index in [1.165, 1.54) is 11.1 Å². The number of hydrogen-bond donors (Lipinski definition) is 0. The van der Waals surface area contributed by atoms with Gasteiger partial charge >= 0.3 is 7.12 Å². The SMILES string of the molecule is c1ccc(-c2cc3cccc(B4OCCO4)n3c2)cc1. The molecule has 20 heavy (non-hydrogen) atoms. The fraction of sp³-hybridized carbons (Fsp3) is 0.125. The fourth-order valence-electron chi connectivity index (χ4n) is 2.67. The summed E-state index contributed by atoms with van der Waals surface area (Å²) in [5, 5.41) is 0. The van der Waals surface area contributed by atoms with Crippen molar-refractivity contribution in [1.29, 1.82) is 0 Å². The number of pyridine rings is 1. The van der Waals surface area contributed by atoms with Crippen molar-refractivity contribution in [2.75, 3.05) is 13.2 Å². The fourth-order valence-corrected chi connectivity index (χ4v) is 2.67. The van der Waals surface area contributed by atoms with Crippen molar-refractivity contribution in [3.63, 3.8) is 0 Å². The molecule has 0 amide bonds. The summed E-state index contributed by atoms with van der Waals surface area (Å²) < 4.78 is 13.4. The highest BCUT2D eigenvalue weighted by atomic mass is 16.6. The van der Waals surface area contributed by atoms with Crippen LogP contribution in [-0.4, -0.2) is 24.7 Å². The Bertz CT molecular complexity index is 733. The standard InChI is InChI=1S/C16H14BNO2/c1-2-5-13(6-3-1)14-11-15-7-4-8-16(18(15)12-14)17-19-9-10-20-17/h1-8,11-12H,9-10H2. The van der Waals surface area contributed by atoms with Crippen molar-refractivity contribution in [3.8, 4) is 11.1 Å². The van der Waals surface area contributed by atoms with E-state index < -0.39 is 0 Å². The summed E-state index contributed by atoms with van der Waals surface area (Å²) in [6.07, 6.45) is 2.14. The van der Waals surface area contributed by atoms with Crippen LogP contribution < -0.4 is 5.59 Å². The summed E-state index contributed by atoms with van der Waals surface area (Å²) in [5.74, 6) is 0. The minimum absolute atomic E-state index is 0.255. The first-order valence-corrected chi connectivity index (χ1v) is 6.81. The maximum absolute atomic E-state index is 5.62. The molecule has 3 nitrogen and oxygen atoms in total. The summed E-state index contributed by atoms with van der Waals surface area (Å²) in [7, 11) is -0.255. The molecule has 0 N–H and O–H groups in total. The topological polar surface area (TPSA) is 22.9 Å². The third kappa shape index (κ3) is 1.94. The molecule has 1 aliphatic rings. The van der Waals surface area contributed by atoms with Crippen molar-refractivity contribution < 1.29 is 9.31 Å². The van der Waals surface area contributed by atoms with Gasteiger partial charge in [0.05, 0.1) is 18.8 Å². The van der Waals surface area contributed by atoms with Gasteiger partial charge in [0.15, 0.2) is 0 Å². The molecule has 1 fully saturated rings. The second-order valence-corrected chi connectivity index (χ2v) is 4.91. The van der Waals surface area contributed by atoms with Crippen molar-refractivity contribution in [2.24, 2.45) is 0 Å². The molecule has 98 valence electrons. The molecule has 0 spiro atoms. The van der Waals surface area contributed by atoms with Crippen molar-refractivity contribution in [3.05, 3.63) is 60.8 Å². The minimum atomic E-state index is -0.255. The van der Waals surface area contributed by atoms with Crippen LogP contribution in [0.25, 0.3) is 16.6 Å². The van der Waals surface area contributed by atoms with Crippen molar-refractivity contribution in [1.82, 2.24) is 4.40 Å². The molecule has 3 aromatic rings. The van der Waals surface area contributed by atoms with Crippen molar-refractivity contribution >= 4 is 18.2 Å². The van der Waals surface area contributed by atoms with Gasteiger partial charge in [-0.15, -0.1) is 0 Å². The van der Waals surface area contributed by atoms with Crippen LogP contribution in [0.15, 0.2) is 60.8 Å². The largest absolute Gasteiger partial charge is 0.511 e. The first kappa shape index (κ1) is 11.8. The number of aromatic nitrogens is 1. The number of rotatable bonds is 2. The van der Waals surface area contributed by atoms with Crippen LogP contribution >= 0.6 is 0 Å². The van der Waals surface area contributed by atoms with E-state index in [2.05, 4.69) is 53.1 Å². The van der Waals surface area contributed by atoms with Crippen LogP contribution in [0, 0.1) is 0 Å². The Morgan fingerprint density at radius 1 is 0.850 bits per heavy atom. The van der Waals surface area contributed by atoms with Gasteiger partial charge in [-0.2, -0.15) is 0 Å². The maximum atomic E-state index is 5.62. The van der Waals surface area contributed by atoms with Gasteiger partial charge in [0.1, 0.15) is 0 Å². The molecule has 3 heterocycles. The molecule has 1 aliphatic heterocycles. The number of nitrogens with zero attached hydrogens (tertiary/aromatic N) is 1. The normalized spacial score (nSPS) is 15.1. The van der Waals surface area contributed by atoms with E-state index in [0.29, 0.717) is 13.2 Å². The summed E-state index contributed by atoms with van der Waals surface area (Å²) in [6.45, 7) is 1.32. The lowest BCUT2D eigenvalue weighted by atomic mass is 9.84. The monoisotopic (exact) mass is 263 g/mol. The predicted molar refractivity (Wildman–Crippen MR) is 80.1 cm³/mol. The highest BCUT2D eigenvalue weighted by Gasteiger charge is 2.28. The van der Waals surface area contributed by atoms with E-state index in [1.54, 1.807) is 0 Å². The highest BCUT2D eigenvalue weighted by molar-refractivity contribution is 6.61. The van der Waals surface area contributed by atoms with E-state index in [0.717, 1.165) is 11.1 Å². The third-order valence-electron chi connectivity index (χ3n) is 3.63. The Labute approximate surface area is 117 Å². The lowest BCUT2D eigenvalue weighted by Gasteiger charge is -2.07. The lowest BCUT2D eigenvalue weighted by molar-refractivity contribution is 0.365. The van der Waals surface area contributed by atoms with Gasteiger partial charge in [0, 0.05) is 17.3 Å². The van der Waals surface area contributed by atoms with Gasteiger partial charge in [-0.05, 0) is 23.8 Å². The zero-order chi connectivity index (χ0) is 13.4. The second kappa shape index (κ2) is 4.82. The summed E-state index contributed by atoms with van der Waals surface area (Å²) in [5.41, 5.74) is 4.62. The number of hydrogen-bond acceptors (Lipinski definition) is 2. The minimum Gasteiger partial charge on any atom is -0.404 e. The summed E-state index contributed by atoms with van der Waals surface area (Å²) >= 11 is 0. The summed E-state index contributed by atoms with van der Waals surface area (Å²) in [6, 6.07) is 18.8. The number of fused-ring (bicyclic) bond motifs is 1. The quantitative estimate of drug-likeness (QED) is 0.662. The molecule has 0 unspecified atom stereocenters. The Hall–Kier alpha value is -2.04. The van der Waals surface area contributed by atoms with Crippen LogP contribution in [-0.2, 0) is 9.31 Å². The molecule has 0 radical (unpaired) electrons. The maximum Gasteiger partial charge on any atom is 0.511 e. The van der Waals surface area contributed by atoms with Gasteiger partial charge < -0.3 is 13.7 Å². The second-order valence-electron chi connectivity index (χ2n) is 4.91. The van der Waals surface area contributed by atoms with Crippen LogP contribution in [0.3, 0.4) is 0 Å². The molecule has 2 aromatic heterocycles. The lowest BCUT2D eigenvalue weighted by Crippen LogP contribution is -2.36. The predicted octanol–water partition coefficient (Wildman–Crippen LogP) is 2.35. The molecular formula is C16H14BNO2. The van der Waals surface area contributed by atoms with E-state index in [4.69, 9.17) is 9.31 Å². The Morgan fingerprint density at radius 3 is 2.45 bits per heavy atom. The zero-order valence-electron chi connectivity index (χ0n) is 11.0. The van der Waals surface area contributed by atoms with Crippen LogP contribution in [0.2, 0.25) is 0 Å². The Kier molecular flexibility index (Phi) is 2.83. The van der Waals surface area contributed by atoms with Crippen molar-refractivity contribution in [2.45, 2.75) is 0 Å². The average Bonchev–Trinajstić information content (AvgIpc) is 3.17. The molecule has 4 rings (SSSR count). The average molecular weight is 263 g/mol. The van der Waals surface area contributed by atoms with Gasteiger partial charge in [-0.1, -0.05) is 36.4 Å². The number of benzene rings is 1. The molecule has 4 heteroatoms. The van der Waals surface area contributed by atoms with Gasteiger partial charge in [-0.3, -0.25) is 0 Å². The first-order chi connectivity index (χ1) is 9.92. The Balaban J connectivity index is 1.85. The molecular weight excluding hydrogens is 249 g/mol. The summed E-state index contributed by atoms with van der Waals surface area (Å²) in [4.78, 5) is 0. The molecule has 0 aliphatic carbocycles. The van der Waals surface area contributed by atoms with E-state index in [-0.39, 0.29) is 7.12 Å². The van der Waals surface area contributed by atoms with Gasteiger partial charge in [-0.25, -0.2) is 0 Å². The van der Waals surface area contributed by atoms with Crippen LogP contribution in [0.5, 0.6) is 0 Å². The smallest absolute Gasteiger partial charge is 0.404 e. The van der Waals surface area contributed by atoms with Crippen LogP contribution in [0.1, 0.15) is 0 Å². The van der Waals surface area contributed by atoms with Gasteiger partial charge in [0.2, 0.25) is 0 Å². The van der Waals surface area contributed by atoms with E-state index in [1.807, 2.05) is 12.1 Å². The molecule has 0 atom stereocenters. The molecule has 0 saturated carbocycles. The first-order valence-electron chi connectivity index (χ1n) is 6.81. The molecule has 0 bridgehead atoms. The molecule has 1 aromatic carbocycles. The highest BCUT2D eigenvalue weighted by Crippen LogP contribution is 2.22. The van der Waals surface area contributed by atoms with Gasteiger partial charge in [0.25, 0.3) is 0 Å². The van der Waals surface area contributed by atoms with Crippen LogP contribution in [0.4, 0.5) is 0 Å². The molecule has 1 saturated heterocycles.